The maximum Gasteiger partial charge on any atom is 0.248 e. The fraction of sp³-hybridized carbons (Fsp3) is 0.353. The summed E-state index contributed by atoms with van der Waals surface area (Å²) in [5, 5.41) is 3.38. The summed E-state index contributed by atoms with van der Waals surface area (Å²) >= 11 is 0. The van der Waals surface area contributed by atoms with E-state index in [1.54, 1.807) is 6.07 Å². The van der Waals surface area contributed by atoms with E-state index in [2.05, 4.69) is 10.3 Å². The average molecular weight is 311 g/mol. The summed E-state index contributed by atoms with van der Waals surface area (Å²) in [4.78, 5) is 22.5. The lowest BCUT2D eigenvalue weighted by molar-refractivity contribution is 0.100. The highest BCUT2D eigenvalue weighted by molar-refractivity contribution is 5.94. The van der Waals surface area contributed by atoms with E-state index in [1.165, 1.54) is 0 Å². The van der Waals surface area contributed by atoms with Crippen molar-refractivity contribution in [3.05, 3.63) is 41.7 Å². The Bertz CT molecular complexity index is 723. The Morgan fingerprint density at radius 1 is 1.39 bits per heavy atom. The van der Waals surface area contributed by atoms with Gasteiger partial charge in [-0.15, -0.1) is 0 Å². The Balaban J connectivity index is 2.10. The van der Waals surface area contributed by atoms with Crippen LogP contribution in [0.25, 0.3) is 11.1 Å². The zero-order valence-electron chi connectivity index (χ0n) is 13.4. The van der Waals surface area contributed by atoms with Gasteiger partial charge in [-0.05, 0) is 30.7 Å². The number of nitrogens with one attached hydrogen (secondary N) is 1. The number of carbonyl (C=O) groups excluding carboxylic acids is 1. The van der Waals surface area contributed by atoms with Gasteiger partial charge in [0.15, 0.2) is 0 Å². The number of benzene rings is 1. The van der Waals surface area contributed by atoms with Crippen LogP contribution in [0, 0.1) is 0 Å². The second-order valence-corrected chi connectivity index (χ2v) is 6.00. The highest BCUT2D eigenvalue weighted by atomic mass is 16.1. The predicted octanol–water partition coefficient (Wildman–Crippen LogP) is 1.39. The van der Waals surface area contributed by atoms with Crippen LogP contribution in [-0.2, 0) is 0 Å². The Morgan fingerprint density at radius 3 is 2.87 bits per heavy atom. The van der Waals surface area contributed by atoms with Crippen molar-refractivity contribution in [1.82, 2.24) is 15.3 Å². The van der Waals surface area contributed by atoms with Gasteiger partial charge in [0.25, 0.3) is 0 Å². The molecule has 1 aliphatic rings. The maximum atomic E-state index is 11.4. The minimum atomic E-state index is -0.429. The van der Waals surface area contributed by atoms with E-state index in [-0.39, 0.29) is 0 Å². The number of nitrogens with two attached hydrogens (primary N) is 1. The number of amides is 1. The number of primary amides is 1. The maximum absolute atomic E-state index is 11.4. The number of nitrogens with zero attached hydrogens (tertiary/aromatic N) is 3. The molecule has 1 saturated heterocycles. The van der Waals surface area contributed by atoms with Gasteiger partial charge in [-0.3, -0.25) is 4.79 Å². The van der Waals surface area contributed by atoms with Crippen molar-refractivity contribution in [3.8, 4) is 11.1 Å². The normalized spacial score (nSPS) is 17.2. The second-order valence-electron chi connectivity index (χ2n) is 6.00. The highest BCUT2D eigenvalue weighted by Gasteiger charge is 2.23. The van der Waals surface area contributed by atoms with Crippen molar-refractivity contribution in [3.63, 3.8) is 0 Å². The van der Waals surface area contributed by atoms with Crippen molar-refractivity contribution >= 4 is 11.9 Å². The van der Waals surface area contributed by atoms with Crippen molar-refractivity contribution in [2.45, 2.75) is 12.3 Å². The van der Waals surface area contributed by atoms with Gasteiger partial charge in [-0.2, -0.15) is 0 Å². The number of carbonyl (C=O) groups is 1. The number of hydrogen-bond acceptors (Lipinski definition) is 5. The Hall–Kier alpha value is -2.47. The monoisotopic (exact) mass is 311 g/mol. The molecular weight excluding hydrogens is 290 g/mol. The van der Waals surface area contributed by atoms with Gasteiger partial charge in [-0.1, -0.05) is 12.1 Å². The van der Waals surface area contributed by atoms with E-state index in [0.29, 0.717) is 17.4 Å². The average Bonchev–Trinajstić information content (AvgIpc) is 3.08. The molecule has 1 aromatic heterocycles. The van der Waals surface area contributed by atoms with Gasteiger partial charge in [0.2, 0.25) is 11.9 Å². The topological polar surface area (TPSA) is 84.1 Å². The largest absolute Gasteiger partial charge is 0.366 e. The minimum Gasteiger partial charge on any atom is -0.366 e. The summed E-state index contributed by atoms with van der Waals surface area (Å²) in [5.41, 5.74) is 8.81. The lowest BCUT2D eigenvalue weighted by Crippen LogP contribution is -2.16. The Labute approximate surface area is 135 Å². The Morgan fingerprint density at radius 2 is 2.22 bits per heavy atom. The molecule has 0 saturated carbocycles. The van der Waals surface area contributed by atoms with Crippen LogP contribution in [0.15, 0.2) is 30.5 Å². The molecule has 1 aliphatic heterocycles. The van der Waals surface area contributed by atoms with Gasteiger partial charge in [0, 0.05) is 43.9 Å². The van der Waals surface area contributed by atoms with Crippen LogP contribution >= 0.6 is 0 Å². The van der Waals surface area contributed by atoms with Crippen LogP contribution < -0.4 is 16.0 Å². The molecule has 2 heterocycles. The molecule has 1 fully saturated rings. The Kier molecular flexibility index (Phi) is 4.25. The fourth-order valence-corrected chi connectivity index (χ4v) is 2.86. The smallest absolute Gasteiger partial charge is 0.248 e. The summed E-state index contributed by atoms with van der Waals surface area (Å²) in [6.45, 7) is 1.90. The summed E-state index contributed by atoms with van der Waals surface area (Å²) in [6.07, 6.45) is 2.89. The van der Waals surface area contributed by atoms with Crippen LogP contribution in [0.5, 0.6) is 0 Å². The molecule has 3 N–H and O–H groups in total. The summed E-state index contributed by atoms with van der Waals surface area (Å²) in [6, 6.07) is 7.33. The van der Waals surface area contributed by atoms with Crippen molar-refractivity contribution in [2.75, 3.05) is 32.1 Å². The predicted molar refractivity (Wildman–Crippen MR) is 90.5 cm³/mol. The lowest BCUT2D eigenvalue weighted by Gasteiger charge is -2.18. The number of hydrogen-bond donors (Lipinski definition) is 2. The molecule has 6 nitrogen and oxygen atoms in total. The van der Waals surface area contributed by atoms with E-state index in [9.17, 15) is 4.79 Å². The van der Waals surface area contributed by atoms with Crippen molar-refractivity contribution < 1.29 is 4.79 Å². The molecule has 120 valence electrons. The summed E-state index contributed by atoms with van der Waals surface area (Å²) in [7, 11) is 3.86. The lowest BCUT2D eigenvalue weighted by atomic mass is 9.95. The van der Waals surface area contributed by atoms with Crippen molar-refractivity contribution in [1.29, 1.82) is 0 Å². The molecule has 1 amide bonds. The summed E-state index contributed by atoms with van der Waals surface area (Å²) in [5.74, 6) is 0.618. The third-order valence-corrected chi connectivity index (χ3v) is 4.11. The standard InChI is InChI=1S/C17H21N5O/c1-22(2)17-20-10-14(15(21-17)13-6-7-19-9-13)11-4-3-5-12(8-11)16(18)23/h3-5,8,10,13,19H,6-7,9H2,1-2H3,(H2,18,23)/t13-/m1/s1. The van der Waals surface area contributed by atoms with Crippen LogP contribution in [-0.4, -0.2) is 43.1 Å². The third-order valence-electron chi connectivity index (χ3n) is 4.11. The highest BCUT2D eigenvalue weighted by Crippen LogP contribution is 2.32. The van der Waals surface area contributed by atoms with Gasteiger partial charge in [0.05, 0.1) is 5.69 Å². The second kappa shape index (κ2) is 6.34. The van der Waals surface area contributed by atoms with Crippen LogP contribution in [0.4, 0.5) is 5.95 Å². The van der Waals surface area contributed by atoms with E-state index in [4.69, 9.17) is 10.7 Å². The molecule has 0 bridgehead atoms. The van der Waals surface area contributed by atoms with Gasteiger partial charge in [-0.25, -0.2) is 9.97 Å². The van der Waals surface area contributed by atoms with E-state index in [1.807, 2.05) is 43.4 Å². The molecule has 1 aromatic carbocycles. The number of aromatic nitrogens is 2. The quantitative estimate of drug-likeness (QED) is 0.891. The first kappa shape index (κ1) is 15.4. The molecular formula is C17H21N5O. The van der Waals surface area contributed by atoms with Crippen LogP contribution in [0.2, 0.25) is 0 Å². The minimum absolute atomic E-state index is 0.351. The SMILES string of the molecule is CN(C)c1ncc(-c2cccc(C(N)=O)c2)c([C@@H]2CCNC2)n1. The van der Waals surface area contributed by atoms with Crippen LogP contribution in [0.3, 0.4) is 0 Å². The molecule has 0 aliphatic carbocycles. The molecule has 0 radical (unpaired) electrons. The molecule has 23 heavy (non-hydrogen) atoms. The first-order chi connectivity index (χ1) is 11.1. The number of anilines is 1. The molecule has 3 rings (SSSR count). The van der Waals surface area contributed by atoms with Gasteiger partial charge >= 0.3 is 0 Å². The van der Waals surface area contributed by atoms with Gasteiger partial charge in [0.1, 0.15) is 0 Å². The summed E-state index contributed by atoms with van der Waals surface area (Å²) < 4.78 is 0. The van der Waals surface area contributed by atoms with E-state index in [0.717, 1.165) is 36.3 Å². The van der Waals surface area contributed by atoms with E-state index >= 15 is 0 Å². The van der Waals surface area contributed by atoms with Crippen LogP contribution in [0.1, 0.15) is 28.4 Å². The molecule has 0 spiro atoms. The zero-order chi connectivity index (χ0) is 16.4. The zero-order valence-corrected chi connectivity index (χ0v) is 13.4. The first-order valence-electron chi connectivity index (χ1n) is 7.71. The molecule has 2 aromatic rings. The van der Waals surface area contributed by atoms with E-state index < -0.39 is 5.91 Å². The first-order valence-corrected chi connectivity index (χ1v) is 7.71. The molecule has 1 atom stereocenters. The van der Waals surface area contributed by atoms with Gasteiger partial charge < -0.3 is 16.0 Å². The molecule has 0 unspecified atom stereocenters. The molecule has 6 heteroatoms. The third kappa shape index (κ3) is 3.17. The van der Waals surface area contributed by atoms with Crippen molar-refractivity contribution in [2.24, 2.45) is 5.73 Å². The number of rotatable bonds is 4. The fourth-order valence-electron chi connectivity index (χ4n) is 2.86.